The van der Waals surface area contributed by atoms with Gasteiger partial charge in [-0.1, -0.05) is 116 Å². The van der Waals surface area contributed by atoms with Gasteiger partial charge in [-0.3, -0.25) is 19.2 Å². The minimum absolute atomic E-state index is 0. The normalized spacial score (nSPS) is 18.2. The summed E-state index contributed by atoms with van der Waals surface area (Å²) in [5.74, 6) is 0.380. The van der Waals surface area contributed by atoms with Gasteiger partial charge in [-0.2, -0.15) is 0 Å². The topological polar surface area (TPSA) is 109 Å². The van der Waals surface area contributed by atoms with Gasteiger partial charge in [0, 0.05) is 11.8 Å². The second-order valence-electron chi connectivity index (χ2n) is 13.4. The van der Waals surface area contributed by atoms with Crippen molar-refractivity contribution >= 4 is 23.5 Å². The zero-order chi connectivity index (χ0) is 31.0. The fraction of sp³-hybridized carbons (Fsp3) is 0.762. The number of Topliss-reactive ketones (excluding diaryl/α,β-unsaturated/α-hetero) is 2. The molecule has 0 aromatic carbocycles. The van der Waals surface area contributed by atoms with E-state index >= 15 is 0 Å². The maximum atomic E-state index is 10.6. The molecule has 6 aliphatic carbocycles. The number of carboxylic acid groups (broad SMARTS) is 2. The maximum Gasteiger partial charge on any atom is 2.00 e. The average Bonchev–Trinajstić information content (AvgIpc) is 3.85. The molecule has 310 valence electrons. The summed E-state index contributed by atoms with van der Waals surface area (Å²) in [4.78, 5) is 41.7. The van der Waals surface area contributed by atoms with Gasteiger partial charge in [0.1, 0.15) is 11.6 Å². The number of carbonyl (C=O) groups excluding carboxylic acids is 2. The third kappa shape index (κ3) is 39.3. The molecular weight excluding hydrogens is 768 g/mol. The van der Waals surface area contributed by atoms with Gasteiger partial charge in [0.25, 0.3) is 0 Å². The van der Waals surface area contributed by atoms with E-state index in [1.807, 2.05) is 0 Å². The molecule has 0 spiro atoms. The smallest absolute Gasteiger partial charge is 0.481 e. The molecule has 6 aliphatic rings. The number of rotatable bonds is 4. The van der Waals surface area contributed by atoms with E-state index in [0.717, 1.165) is 77.0 Å². The zero-order valence-electron chi connectivity index (χ0n) is 34.3. The second kappa shape index (κ2) is 47.9. The Hall–Kier alpha value is -0.162. The van der Waals surface area contributed by atoms with Gasteiger partial charge >= 0.3 is 63.1 Å². The fourth-order valence-corrected chi connectivity index (χ4v) is 6.78. The van der Waals surface area contributed by atoms with E-state index in [9.17, 15) is 19.2 Å². The Morgan fingerprint density at radius 2 is 0.451 bits per heavy atom. The van der Waals surface area contributed by atoms with Crippen LogP contribution in [0.5, 0.6) is 0 Å². The Kier molecular flexibility index (Phi) is 67.7. The largest absolute Gasteiger partial charge is 2.00 e. The van der Waals surface area contributed by atoms with Gasteiger partial charge in [0.15, 0.2) is 0 Å². The van der Waals surface area contributed by atoms with Crippen molar-refractivity contribution in [2.75, 3.05) is 0 Å². The van der Waals surface area contributed by atoms with Gasteiger partial charge in [-0.15, -0.1) is 0 Å². The van der Waals surface area contributed by atoms with Crippen molar-refractivity contribution in [2.45, 2.75) is 181 Å². The van der Waals surface area contributed by atoms with Crippen molar-refractivity contribution < 1.29 is 80.6 Å². The molecule has 0 heterocycles. The van der Waals surface area contributed by atoms with Crippen LogP contribution in [0.25, 0.3) is 0 Å². The maximum absolute atomic E-state index is 10.6. The summed E-state index contributed by atoms with van der Waals surface area (Å²) >= 11 is 0. The predicted octanol–water partition coefficient (Wildman–Crippen LogP) is 12.6. The third-order valence-corrected chi connectivity index (χ3v) is 9.77. The molecule has 6 saturated carbocycles. The third-order valence-electron chi connectivity index (χ3n) is 9.77. The fourth-order valence-electron chi connectivity index (χ4n) is 6.78. The van der Waals surface area contributed by atoms with E-state index in [2.05, 4.69) is 0 Å². The first-order valence-corrected chi connectivity index (χ1v) is 17.7. The van der Waals surface area contributed by atoms with Crippen LogP contribution in [0, 0.1) is 68.2 Å². The molecule has 0 aromatic rings. The Balaban J connectivity index is -0.0000000577. The van der Waals surface area contributed by atoms with Gasteiger partial charge in [0.2, 0.25) is 0 Å². The summed E-state index contributed by atoms with van der Waals surface area (Å²) < 4.78 is 0. The van der Waals surface area contributed by atoms with Crippen molar-refractivity contribution in [3.05, 3.63) is 44.6 Å². The first-order valence-electron chi connectivity index (χ1n) is 17.7. The van der Waals surface area contributed by atoms with Gasteiger partial charge in [-0.05, 0) is 65.2 Å². The van der Waals surface area contributed by atoms with Crippen LogP contribution in [-0.4, -0.2) is 33.7 Å². The van der Waals surface area contributed by atoms with Gasteiger partial charge < -0.3 is 54.8 Å². The summed E-state index contributed by atoms with van der Waals surface area (Å²) in [5, 5.41) is 16.8. The predicted molar refractivity (Wildman–Crippen MR) is 209 cm³/mol. The molecule has 0 atom stereocenters. The molecule has 9 heteroatoms. The van der Waals surface area contributed by atoms with Crippen molar-refractivity contribution in [1.82, 2.24) is 0 Å². The molecule has 0 unspecified atom stereocenters. The van der Waals surface area contributed by atoms with Crippen molar-refractivity contribution in [2.24, 2.45) is 23.7 Å². The van der Waals surface area contributed by atoms with E-state index in [-0.39, 0.29) is 108 Å². The van der Waals surface area contributed by atoms with E-state index in [0.29, 0.717) is 23.4 Å². The van der Waals surface area contributed by atoms with Crippen molar-refractivity contribution in [3.63, 3.8) is 0 Å². The number of hydrogen-bond donors (Lipinski definition) is 2. The number of ketones is 2. The molecular formula is C42H82Fe3O6. The monoisotopic (exact) mass is 850 g/mol. The van der Waals surface area contributed by atoms with Crippen LogP contribution < -0.4 is 0 Å². The Morgan fingerprint density at radius 1 is 0.314 bits per heavy atom. The molecule has 0 aliphatic heterocycles. The summed E-state index contributed by atoms with van der Waals surface area (Å²) in [6, 6.07) is 0. The molecule has 6 fully saturated rings. The summed E-state index contributed by atoms with van der Waals surface area (Å²) in [6.45, 7) is 3.41. The van der Waals surface area contributed by atoms with Crippen molar-refractivity contribution in [3.8, 4) is 0 Å². The molecule has 6 rings (SSSR count). The first kappa shape index (κ1) is 72.1. The standard InChI is InChI=1S/2C7H12O.2C6H10O2.2C5H10.6CH3.3Fe/c2*1-6(8)7-4-2-3-5-7;2*7-6(8)5-3-1-2-4-5;2*1-2-4-5-3-1;;;;;;;;;/h2*7H,2-5H2,1H3;2*5H,1-4H2,(H,7,8);2*1-5H2;6*1H3;;;/q;;;;;;6*-1;3*+2. The van der Waals surface area contributed by atoms with E-state index in [4.69, 9.17) is 10.2 Å². The Labute approximate surface area is 351 Å². The molecule has 0 amide bonds. The second-order valence-corrected chi connectivity index (χ2v) is 13.4. The molecule has 6 nitrogen and oxygen atoms in total. The van der Waals surface area contributed by atoms with E-state index in [1.54, 1.807) is 13.8 Å². The molecule has 0 radical (unpaired) electrons. The molecule has 0 bridgehead atoms. The van der Waals surface area contributed by atoms with E-state index in [1.165, 1.54) is 89.9 Å². The van der Waals surface area contributed by atoms with Gasteiger partial charge in [-0.25, -0.2) is 0 Å². The van der Waals surface area contributed by atoms with Crippen molar-refractivity contribution in [1.29, 1.82) is 0 Å². The van der Waals surface area contributed by atoms with Crippen LogP contribution in [0.4, 0.5) is 0 Å². The Bertz CT molecular complexity index is 604. The van der Waals surface area contributed by atoms with E-state index < -0.39 is 11.9 Å². The molecule has 2 N–H and O–H groups in total. The number of carboxylic acids is 2. The number of hydrogen-bond acceptors (Lipinski definition) is 4. The van der Waals surface area contributed by atoms with Crippen LogP contribution in [0.3, 0.4) is 0 Å². The Morgan fingerprint density at radius 3 is 0.529 bits per heavy atom. The summed E-state index contributed by atoms with van der Waals surface area (Å²) in [6.07, 6.45) is 32.7. The molecule has 0 saturated heterocycles. The minimum atomic E-state index is -0.609. The number of carbonyl (C=O) groups is 4. The zero-order valence-corrected chi connectivity index (χ0v) is 37.6. The van der Waals surface area contributed by atoms with Crippen LogP contribution in [0.15, 0.2) is 0 Å². The van der Waals surface area contributed by atoms with Gasteiger partial charge in [0.05, 0.1) is 11.8 Å². The summed E-state index contributed by atoms with van der Waals surface area (Å²) in [5.41, 5.74) is 0. The summed E-state index contributed by atoms with van der Waals surface area (Å²) in [7, 11) is 0. The van der Waals surface area contributed by atoms with Crippen LogP contribution in [-0.2, 0) is 70.4 Å². The van der Waals surface area contributed by atoms with Crippen LogP contribution in [0.2, 0.25) is 0 Å². The molecule has 0 aromatic heterocycles. The quantitative estimate of drug-likeness (QED) is 0.215. The molecule has 51 heavy (non-hydrogen) atoms. The first-order chi connectivity index (χ1) is 20.2. The van der Waals surface area contributed by atoms with Crippen LogP contribution >= 0.6 is 0 Å². The average molecular weight is 851 g/mol. The number of aliphatic carboxylic acids is 2. The minimum Gasteiger partial charge on any atom is -0.481 e. The SMILES string of the molecule is C1CCCC1.C1CCCC1.CC(=O)C1CCCC1.CC(=O)C1CCCC1.O=C(O)C1CCCC1.O=C(O)C1CCCC1.[CH3-].[CH3-].[CH3-].[CH3-].[CH3-].[CH3-].[Fe+2].[Fe+2].[Fe+2]. The van der Waals surface area contributed by atoms with Crippen LogP contribution in [0.1, 0.15) is 181 Å².